The van der Waals surface area contributed by atoms with Crippen LogP contribution in [-0.4, -0.2) is 46.1 Å². The highest BCUT2D eigenvalue weighted by atomic mass is 16.5. The number of alkyl carbamates (subject to hydrolysis) is 1. The summed E-state index contributed by atoms with van der Waals surface area (Å²) < 4.78 is 5.21. The van der Waals surface area contributed by atoms with Crippen molar-refractivity contribution in [2.75, 3.05) is 13.1 Å². The number of amides is 2. The number of ether oxygens (including phenoxy) is 1. The van der Waals surface area contributed by atoms with Gasteiger partial charge >= 0.3 is 6.09 Å². The third-order valence-electron chi connectivity index (χ3n) is 4.53. The second kappa shape index (κ2) is 9.14. The number of nitrogens with one attached hydrogen (secondary N) is 1. The summed E-state index contributed by atoms with van der Waals surface area (Å²) in [5.74, 6) is -0.312. The quantitative estimate of drug-likeness (QED) is 0.813. The Bertz CT molecular complexity index is 748. The molecule has 0 spiro atoms. The molecule has 1 aliphatic rings. The standard InChI is InChI=1S/C20H23N3O4/c24-18(16-8-10-21-11-9-16)17(19(25)23-12-4-5-13-23)22-20(26)27-14-15-6-2-1-3-7-15/h1-3,6-11,17-18,24H,4-5,12-14H2,(H,22,26). The molecule has 0 aliphatic carbocycles. The number of aliphatic hydroxyl groups excluding tert-OH is 1. The maximum atomic E-state index is 12.9. The molecule has 2 unspecified atom stereocenters. The number of benzene rings is 1. The lowest BCUT2D eigenvalue weighted by molar-refractivity contribution is -0.135. The highest BCUT2D eigenvalue weighted by Gasteiger charge is 2.34. The van der Waals surface area contributed by atoms with Gasteiger partial charge in [0.1, 0.15) is 18.8 Å². The predicted molar refractivity (Wildman–Crippen MR) is 98.6 cm³/mol. The van der Waals surface area contributed by atoms with E-state index in [9.17, 15) is 14.7 Å². The van der Waals surface area contributed by atoms with Gasteiger partial charge in [-0.15, -0.1) is 0 Å². The molecule has 142 valence electrons. The summed E-state index contributed by atoms with van der Waals surface area (Å²) >= 11 is 0. The molecule has 2 aromatic rings. The van der Waals surface area contributed by atoms with Crippen LogP contribution < -0.4 is 5.32 Å². The van der Waals surface area contributed by atoms with Gasteiger partial charge in [0.25, 0.3) is 0 Å². The average molecular weight is 369 g/mol. The minimum atomic E-state index is -1.19. The van der Waals surface area contributed by atoms with E-state index in [0.717, 1.165) is 18.4 Å². The second-order valence-corrected chi connectivity index (χ2v) is 6.44. The molecule has 7 nitrogen and oxygen atoms in total. The van der Waals surface area contributed by atoms with Crippen LogP contribution in [0.25, 0.3) is 0 Å². The van der Waals surface area contributed by atoms with Crippen LogP contribution in [0.5, 0.6) is 0 Å². The van der Waals surface area contributed by atoms with Crippen LogP contribution in [-0.2, 0) is 16.1 Å². The van der Waals surface area contributed by atoms with Crippen LogP contribution in [0.2, 0.25) is 0 Å². The Morgan fingerprint density at radius 1 is 1.11 bits per heavy atom. The van der Waals surface area contributed by atoms with Gasteiger partial charge in [-0.3, -0.25) is 9.78 Å². The summed E-state index contributed by atoms with van der Waals surface area (Å²) in [7, 11) is 0. The van der Waals surface area contributed by atoms with Gasteiger partial charge in [-0.25, -0.2) is 4.79 Å². The summed E-state index contributed by atoms with van der Waals surface area (Å²) in [5.41, 5.74) is 1.34. The highest BCUT2D eigenvalue weighted by Crippen LogP contribution is 2.20. The Hall–Kier alpha value is -2.93. The van der Waals surface area contributed by atoms with Gasteiger partial charge in [-0.2, -0.15) is 0 Å². The van der Waals surface area contributed by atoms with Crippen molar-refractivity contribution in [3.05, 3.63) is 66.0 Å². The Kier molecular flexibility index (Phi) is 6.38. The SMILES string of the molecule is O=C(NC(C(=O)N1CCCC1)C(O)c1ccncc1)OCc1ccccc1. The number of rotatable bonds is 6. The molecular weight excluding hydrogens is 346 g/mol. The fraction of sp³-hybridized carbons (Fsp3) is 0.350. The van der Waals surface area contributed by atoms with E-state index in [4.69, 9.17) is 4.74 Å². The van der Waals surface area contributed by atoms with Crippen LogP contribution in [0.15, 0.2) is 54.9 Å². The van der Waals surface area contributed by atoms with Crippen molar-refractivity contribution in [1.82, 2.24) is 15.2 Å². The molecule has 7 heteroatoms. The minimum absolute atomic E-state index is 0.0860. The van der Waals surface area contributed by atoms with E-state index in [1.54, 1.807) is 17.0 Å². The normalized spacial score (nSPS) is 15.8. The first kappa shape index (κ1) is 18.8. The van der Waals surface area contributed by atoms with Gasteiger partial charge in [0, 0.05) is 25.5 Å². The van der Waals surface area contributed by atoms with E-state index in [2.05, 4.69) is 10.3 Å². The molecule has 2 amide bonds. The molecule has 0 radical (unpaired) electrons. The smallest absolute Gasteiger partial charge is 0.408 e. The van der Waals surface area contributed by atoms with Crippen molar-refractivity contribution in [3.8, 4) is 0 Å². The molecule has 1 fully saturated rings. The number of carbonyl (C=O) groups is 2. The van der Waals surface area contributed by atoms with Crippen molar-refractivity contribution in [2.24, 2.45) is 0 Å². The van der Waals surface area contributed by atoms with Crippen molar-refractivity contribution < 1.29 is 19.4 Å². The number of aliphatic hydroxyl groups is 1. The van der Waals surface area contributed by atoms with Crippen molar-refractivity contribution >= 4 is 12.0 Å². The van der Waals surface area contributed by atoms with E-state index in [0.29, 0.717) is 18.7 Å². The Morgan fingerprint density at radius 2 is 1.78 bits per heavy atom. The summed E-state index contributed by atoms with van der Waals surface area (Å²) in [4.78, 5) is 30.7. The molecule has 2 N–H and O–H groups in total. The van der Waals surface area contributed by atoms with Gasteiger partial charge in [0.2, 0.25) is 5.91 Å². The average Bonchev–Trinajstić information content (AvgIpc) is 3.26. The lowest BCUT2D eigenvalue weighted by Crippen LogP contribution is -2.51. The van der Waals surface area contributed by atoms with Gasteiger partial charge in [-0.05, 0) is 36.1 Å². The number of nitrogens with zero attached hydrogens (tertiary/aromatic N) is 2. The fourth-order valence-corrected chi connectivity index (χ4v) is 3.05. The van der Waals surface area contributed by atoms with E-state index in [1.165, 1.54) is 12.4 Å². The van der Waals surface area contributed by atoms with Crippen LogP contribution in [0, 0.1) is 0 Å². The van der Waals surface area contributed by atoms with Gasteiger partial charge in [0.15, 0.2) is 0 Å². The molecule has 2 atom stereocenters. The Balaban J connectivity index is 1.68. The first-order valence-corrected chi connectivity index (χ1v) is 8.99. The lowest BCUT2D eigenvalue weighted by Gasteiger charge is -2.27. The number of hydrogen-bond acceptors (Lipinski definition) is 5. The largest absolute Gasteiger partial charge is 0.445 e. The fourth-order valence-electron chi connectivity index (χ4n) is 3.05. The maximum Gasteiger partial charge on any atom is 0.408 e. The van der Waals surface area contributed by atoms with Gasteiger partial charge in [0.05, 0.1) is 0 Å². The topological polar surface area (TPSA) is 91.8 Å². The number of likely N-dealkylation sites (tertiary alicyclic amines) is 1. The molecule has 0 saturated carbocycles. The molecule has 1 aliphatic heterocycles. The van der Waals surface area contributed by atoms with Gasteiger partial charge < -0.3 is 20.1 Å². The van der Waals surface area contributed by atoms with E-state index < -0.39 is 18.2 Å². The van der Waals surface area contributed by atoms with Crippen LogP contribution in [0.3, 0.4) is 0 Å². The second-order valence-electron chi connectivity index (χ2n) is 6.44. The summed E-state index contributed by atoms with van der Waals surface area (Å²) in [5, 5.41) is 13.2. The zero-order valence-corrected chi connectivity index (χ0v) is 15.0. The highest BCUT2D eigenvalue weighted by molar-refractivity contribution is 5.86. The van der Waals surface area contributed by atoms with E-state index in [-0.39, 0.29) is 12.5 Å². The molecule has 2 heterocycles. The molecule has 3 rings (SSSR count). The summed E-state index contributed by atoms with van der Waals surface area (Å²) in [6.07, 6.45) is 2.97. The summed E-state index contributed by atoms with van der Waals surface area (Å²) in [6, 6.07) is 11.4. The maximum absolute atomic E-state index is 12.9. The van der Waals surface area contributed by atoms with Crippen molar-refractivity contribution in [1.29, 1.82) is 0 Å². The molecule has 27 heavy (non-hydrogen) atoms. The zero-order chi connectivity index (χ0) is 19.1. The van der Waals surface area contributed by atoms with Crippen molar-refractivity contribution in [2.45, 2.75) is 31.6 Å². The first-order valence-electron chi connectivity index (χ1n) is 8.99. The number of carbonyl (C=O) groups excluding carboxylic acids is 2. The molecular formula is C20H23N3O4. The van der Waals surface area contributed by atoms with Crippen LogP contribution >= 0.6 is 0 Å². The number of pyridine rings is 1. The van der Waals surface area contributed by atoms with E-state index in [1.807, 2.05) is 30.3 Å². The summed E-state index contributed by atoms with van der Waals surface area (Å²) in [6.45, 7) is 1.33. The zero-order valence-electron chi connectivity index (χ0n) is 15.0. The lowest BCUT2D eigenvalue weighted by atomic mass is 10.0. The predicted octanol–water partition coefficient (Wildman–Crippen LogP) is 2.03. The molecule has 1 aromatic carbocycles. The van der Waals surface area contributed by atoms with Crippen molar-refractivity contribution in [3.63, 3.8) is 0 Å². The van der Waals surface area contributed by atoms with Gasteiger partial charge in [-0.1, -0.05) is 30.3 Å². The molecule has 0 bridgehead atoms. The molecule has 1 aromatic heterocycles. The monoisotopic (exact) mass is 369 g/mol. The number of hydrogen-bond donors (Lipinski definition) is 2. The third kappa shape index (κ3) is 5.04. The van der Waals surface area contributed by atoms with E-state index >= 15 is 0 Å². The Morgan fingerprint density at radius 3 is 2.44 bits per heavy atom. The molecule has 1 saturated heterocycles. The minimum Gasteiger partial charge on any atom is -0.445 e. The number of aromatic nitrogens is 1. The first-order chi connectivity index (χ1) is 13.1. The van der Waals surface area contributed by atoms with Crippen LogP contribution in [0.4, 0.5) is 4.79 Å². The third-order valence-corrected chi connectivity index (χ3v) is 4.53. The Labute approximate surface area is 158 Å². The van der Waals surface area contributed by atoms with Crippen LogP contribution in [0.1, 0.15) is 30.1 Å².